The first kappa shape index (κ1) is 12.5. The molecule has 4 heteroatoms. The minimum Gasteiger partial charge on any atom is -0.496 e. The quantitative estimate of drug-likeness (QED) is 0.898. The van der Waals surface area contributed by atoms with Gasteiger partial charge in [0.15, 0.2) is 0 Å². The molecule has 0 fully saturated rings. The van der Waals surface area contributed by atoms with Crippen LogP contribution in [-0.2, 0) is 6.54 Å². The molecule has 0 saturated heterocycles. The molecule has 1 aromatic carbocycles. The Hall–Kier alpha value is -1.94. The Labute approximate surface area is 107 Å². The minimum atomic E-state index is 0.349. The predicted molar refractivity (Wildman–Crippen MR) is 71.4 cm³/mol. The second-order valence-corrected chi connectivity index (χ2v) is 4.13. The summed E-state index contributed by atoms with van der Waals surface area (Å²) < 4.78 is 5.31. The molecular weight excluding hydrogens is 226 g/mol. The van der Waals surface area contributed by atoms with E-state index in [1.54, 1.807) is 13.3 Å². The number of nitrogens with zero attached hydrogens (tertiary/aromatic N) is 2. The zero-order valence-electron chi connectivity index (χ0n) is 10.9. The molecule has 0 saturated carbocycles. The van der Waals surface area contributed by atoms with Gasteiger partial charge in [-0.1, -0.05) is 0 Å². The van der Waals surface area contributed by atoms with Crippen molar-refractivity contribution in [2.75, 3.05) is 7.11 Å². The van der Waals surface area contributed by atoms with Gasteiger partial charge >= 0.3 is 0 Å². The fourth-order valence-electron chi connectivity index (χ4n) is 1.94. The van der Waals surface area contributed by atoms with Crippen LogP contribution in [0.15, 0.2) is 24.4 Å². The van der Waals surface area contributed by atoms with E-state index >= 15 is 0 Å². The van der Waals surface area contributed by atoms with Gasteiger partial charge in [0, 0.05) is 11.8 Å². The van der Waals surface area contributed by atoms with Crippen LogP contribution >= 0.6 is 0 Å². The van der Waals surface area contributed by atoms with Crippen LogP contribution in [0.2, 0.25) is 0 Å². The van der Waals surface area contributed by atoms with Gasteiger partial charge in [-0.25, -0.2) is 9.97 Å². The van der Waals surface area contributed by atoms with Crippen LogP contribution in [-0.4, -0.2) is 17.1 Å². The second-order valence-electron chi connectivity index (χ2n) is 4.13. The standard InChI is InChI=1S/C14H17N3O/c1-9-10(2)13(18-3)5-4-11(9)12-6-7-16-14(8-15)17-12/h4-7H,8,15H2,1-3H3. The van der Waals surface area contributed by atoms with Gasteiger partial charge in [0.05, 0.1) is 19.3 Å². The highest BCUT2D eigenvalue weighted by molar-refractivity contribution is 5.66. The molecule has 0 aliphatic rings. The van der Waals surface area contributed by atoms with Crippen molar-refractivity contribution in [2.24, 2.45) is 5.73 Å². The number of nitrogens with two attached hydrogens (primary N) is 1. The molecule has 2 rings (SSSR count). The van der Waals surface area contributed by atoms with Crippen molar-refractivity contribution in [1.82, 2.24) is 9.97 Å². The molecule has 1 heterocycles. The van der Waals surface area contributed by atoms with Crippen LogP contribution in [0.1, 0.15) is 17.0 Å². The molecular formula is C14H17N3O. The third-order valence-electron chi connectivity index (χ3n) is 3.12. The summed E-state index contributed by atoms with van der Waals surface area (Å²) in [6.07, 6.45) is 1.74. The molecule has 0 unspecified atom stereocenters. The molecule has 0 bridgehead atoms. The zero-order chi connectivity index (χ0) is 13.1. The Bertz CT molecular complexity index is 567. The van der Waals surface area contributed by atoms with Crippen molar-refractivity contribution in [3.63, 3.8) is 0 Å². The molecule has 2 aromatic rings. The lowest BCUT2D eigenvalue weighted by molar-refractivity contribution is 0.411. The Kier molecular flexibility index (Phi) is 3.58. The normalized spacial score (nSPS) is 10.4. The van der Waals surface area contributed by atoms with E-state index in [4.69, 9.17) is 10.5 Å². The molecule has 18 heavy (non-hydrogen) atoms. The lowest BCUT2D eigenvalue weighted by atomic mass is 10.00. The summed E-state index contributed by atoms with van der Waals surface area (Å²) in [7, 11) is 1.68. The summed E-state index contributed by atoms with van der Waals surface area (Å²) in [6, 6.07) is 5.87. The summed E-state index contributed by atoms with van der Waals surface area (Å²) in [6.45, 7) is 4.46. The highest BCUT2D eigenvalue weighted by Gasteiger charge is 2.09. The van der Waals surface area contributed by atoms with Gasteiger partial charge < -0.3 is 10.5 Å². The van der Waals surface area contributed by atoms with Crippen LogP contribution in [0.25, 0.3) is 11.3 Å². The highest BCUT2D eigenvalue weighted by Crippen LogP contribution is 2.29. The molecule has 0 amide bonds. The Morgan fingerprint density at radius 2 is 1.94 bits per heavy atom. The average Bonchev–Trinajstić information content (AvgIpc) is 2.42. The molecule has 0 atom stereocenters. The van der Waals surface area contributed by atoms with E-state index in [1.807, 2.05) is 25.1 Å². The van der Waals surface area contributed by atoms with Gasteiger partial charge in [0.2, 0.25) is 0 Å². The van der Waals surface area contributed by atoms with Gasteiger partial charge in [-0.2, -0.15) is 0 Å². The molecule has 0 aliphatic carbocycles. The van der Waals surface area contributed by atoms with Crippen molar-refractivity contribution < 1.29 is 4.74 Å². The summed E-state index contributed by atoms with van der Waals surface area (Å²) in [5.41, 5.74) is 9.84. The van der Waals surface area contributed by atoms with Crippen molar-refractivity contribution >= 4 is 0 Å². The van der Waals surface area contributed by atoms with E-state index < -0.39 is 0 Å². The Morgan fingerprint density at radius 1 is 1.17 bits per heavy atom. The first-order chi connectivity index (χ1) is 8.67. The number of aromatic nitrogens is 2. The van der Waals surface area contributed by atoms with E-state index in [1.165, 1.54) is 0 Å². The van der Waals surface area contributed by atoms with Gasteiger partial charge in [0.25, 0.3) is 0 Å². The van der Waals surface area contributed by atoms with Crippen LogP contribution in [0.4, 0.5) is 0 Å². The zero-order valence-corrected chi connectivity index (χ0v) is 10.9. The summed E-state index contributed by atoms with van der Waals surface area (Å²) in [5.74, 6) is 1.55. The van der Waals surface area contributed by atoms with Crippen molar-refractivity contribution in [2.45, 2.75) is 20.4 Å². The lowest BCUT2D eigenvalue weighted by Gasteiger charge is -2.12. The molecule has 0 aliphatic heterocycles. The van der Waals surface area contributed by atoms with E-state index in [0.717, 1.165) is 28.1 Å². The Morgan fingerprint density at radius 3 is 2.61 bits per heavy atom. The fourth-order valence-corrected chi connectivity index (χ4v) is 1.94. The molecule has 0 radical (unpaired) electrons. The third-order valence-corrected chi connectivity index (χ3v) is 3.12. The first-order valence-corrected chi connectivity index (χ1v) is 5.84. The predicted octanol–water partition coefficient (Wildman–Crippen LogP) is 2.23. The monoisotopic (exact) mass is 243 g/mol. The van der Waals surface area contributed by atoms with Gasteiger partial charge in [-0.15, -0.1) is 0 Å². The molecule has 94 valence electrons. The van der Waals surface area contributed by atoms with Crippen molar-refractivity contribution in [3.8, 4) is 17.0 Å². The number of hydrogen-bond donors (Lipinski definition) is 1. The number of rotatable bonds is 3. The van der Waals surface area contributed by atoms with Crippen molar-refractivity contribution in [1.29, 1.82) is 0 Å². The van der Waals surface area contributed by atoms with E-state index in [0.29, 0.717) is 12.4 Å². The van der Waals surface area contributed by atoms with Crippen LogP contribution < -0.4 is 10.5 Å². The van der Waals surface area contributed by atoms with Crippen LogP contribution in [0, 0.1) is 13.8 Å². The van der Waals surface area contributed by atoms with Gasteiger partial charge in [-0.05, 0) is 43.2 Å². The smallest absolute Gasteiger partial charge is 0.142 e. The maximum absolute atomic E-state index is 5.57. The first-order valence-electron chi connectivity index (χ1n) is 5.84. The Balaban J connectivity index is 2.54. The summed E-state index contributed by atoms with van der Waals surface area (Å²) in [4.78, 5) is 8.55. The van der Waals surface area contributed by atoms with E-state index in [-0.39, 0.29) is 0 Å². The SMILES string of the molecule is COc1ccc(-c2ccnc(CN)n2)c(C)c1C. The van der Waals surface area contributed by atoms with E-state index in [2.05, 4.69) is 16.9 Å². The number of methoxy groups -OCH3 is 1. The van der Waals surface area contributed by atoms with Crippen molar-refractivity contribution in [3.05, 3.63) is 41.3 Å². The molecule has 0 spiro atoms. The number of ether oxygens (including phenoxy) is 1. The largest absolute Gasteiger partial charge is 0.496 e. The molecule has 4 nitrogen and oxygen atoms in total. The fraction of sp³-hybridized carbons (Fsp3) is 0.286. The maximum Gasteiger partial charge on any atom is 0.142 e. The average molecular weight is 243 g/mol. The third kappa shape index (κ3) is 2.19. The summed E-state index contributed by atoms with van der Waals surface area (Å²) >= 11 is 0. The van der Waals surface area contributed by atoms with Crippen LogP contribution in [0.3, 0.4) is 0 Å². The lowest BCUT2D eigenvalue weighted by Crippen LogP contribution is -2.03. The second kappa shape index (κ2) is 5.14. The summed E-state index contributed by atoms with van der Waals surface area (Å²) in [5, 5.41) is 0. The maximum atomic E-state index is 5.57. The van der Waals surface area contributed by atoms with Gasteiger partial charge in [0.1, 0.15) is 11.6 Å². The number of benzene rings is 1. The topological polar surface area (TPSA) is 61.0 Å². The highest BCUT2D eigenvalue weighted by atomic mass is 16.5. The molecule has 1 aromatic heterocycles. The van der Waals surface area contributed by atoms with Gasteiger partial charge in [-0.3, -0.25) is 0 Å². The van der Waals surface area contributed by atoms with Crippen LogP contribution in [0.5, 0.6) is 5.75 Å². The number of hydrogen-bond acceptors (Lipinski definition) is 4. The molecule has 2 N–H and O–H groups in total. The minimum absolute atomic E-state index is 0.349. The van der Waals surface area contributed by atoms with E-state index in [9.17, 15) is 0 Å².